The van der Waals surface area contributed by atoms with Gasteiger partial charge in [-0.15, -0.1) is 0 Å². The molecule has 0 bridgehead atoms. The minimum Gasteiger partial charge on any atom is -0.493 e. The average Bonchev–Trinajstić information content (AvgIpc) is 3.12. The van der Waals surface area contributed by atoms with Gasteiger partial charge in [0, 0.05) is 21.2 Å². The number of nitrogens with zero attached hydrogens (tertiary/aromatic N) is 2. The number of thioether (sulfide) groups is 1. The monoisotopic (exact) mass is 558 g/mol. The summed E-state index contributed by atoms with van der Waals surface area (Å²) in [4.78, 5) is 26.9. The van der Waals surface area contributed by atoms with Crippen molar-refractivity contribution in [3.63, 3.8) is 0 Å². The van der Waals surface area contributed by atoms with Crippen LogP contribution in [0.1, 0.15) is 22.3 Å². The fourth-order valence-electron chi connectivity index (χ4n) is 3.50. The molecule has 3 aromatic carbocycles. The molecule has 1 aliphatic heterocycles. The van der Waals surface area contributed by atoms with Crippen LogP contribution in [0.2, 0.25) is 15.1 Å². The number of nitriles is 1. The molecule has 10 heteroatoms. The molecule has 1 aliphatic rings. The first-order valence-electron chi connectivity index (χ1n) is 10.5. The van der Waals surface area contributed by atoms with Gasteiger partial charge in [-0.1, -0.05) is 59.1 Å². The van der Waals surface area contributed by atoms with Gasteiger partial charge in [-0.3, -0.25) is 14.5 Å². The Kier molecular flexibility index (Phi) is 8.12. The molecular weight excluding hydrogens is 543 g/mol. The zero-order chi connectivity index (χ0) is 25.8. The van der Waals surface area contributed by atoms with E-state index in [2.05, 4.69) is 6.07 Å². The summed E-state index contributed by atoms with van der Waals surface area (Å²) in [7, 11) is 1.47. The van der Waals surface area contributed by atoms with Crippen LogP contribution in [0, 0.1) is 11.3 Å². The second-order valence-electron chi connectivity index (χ2n) is 7.56. The largest absolute Gasteiger partial charge is 0.493 e. The number of amides is 2. The Morgan fingerprint density at radius 3 is 2.44 bits per heavy atom. The van der Waals surface area contributed by atoms with Crippen LogP contribution in [-0.2, 0) is 17.9 Å². The van der Waals surface area contributed by atoms with E-state index in [-0.39, 0.29) is 23.1 Å². The van der Waals surface area contributed by atoms with Crippen molar-refractivity contribution < 1.29 is 19.1 Å². The van der Waals surface area contributed by atoms with Crippen molar-refractivity contribution >= 4 is 63.8 Å². The van der Waals surface area contributed by atoms with Crippen molar-refractivity contribution in [3.05, 3.63) is 96.8 Å². The molecule has 0 saturated carbocycles. The number of carbonyl (C=O) groups excluding carboxylic acids is 2. The van der Waals surface area contributed by atoms with E-state index in [1.54, 1.807) is 54.6 Å². The Labute approximate surface area is 227 Å². The molecule has 0 unspecified atom stereocenters. The van der Waals surface area contributed by atoms with Crippen molar-refractivity contribution in [2.75, 3.05) is 7.11 Å². The first-order valence-corrected chi connectivity index (χ1v) is 12.4. The lowest BCUT2D eigenvalue weighted by molar-refractivity contribution is -0.123. The number of carbonyl (C=O) groups is 2. The lowest BCUT2D eigenvalue weighted by atomic mass is 10.1. The lowest BCUT2D eigenvalue weighted by Crippen LogP contribution is -2.27. The van der Waals surface area contributed by atoms with Crippen LogP contribution in [0.15, 0.2) is 59.5 Å². The number of methoxy groups -OCH3 is 1. The SMILES string of the molecule is COc1cc(/C=C2\SC(=O)N(Cc3c(Cl)cccc3Cl)C2=O)cc(Cl)c1OCc1ccccc1C#N. The number of halogens is 3. The molecule has 0 aliphatic carbocycles. The van der Waals surface area contributed by atoms with Crippen molar-refractivity contribution in [1.82, 2.24) is 4.90 Å². The summed E-state index contributed by atoms with van der Waals surface area (Å²) in [5.74, 6) is 0.167. The van der Waals surface area contributed by atoms with Crippen LogP contribution in [0.3, 0.4) is 0 Å². The summed E-state index contributed by atoms with van der Waals surface area (Å²) < 4.78 is 11.3. The highest BCUT2D eigenvalue weighted by atomic mass is 35.5. The summed E-state index contributed by atoms with van der Waals surface area (Å²) in [5, 5.41) is 9.83. The summed E-state index contributed by atoms with van der Waals surface area (Å²) in [5.41, 5.74) is 2.24. The number of rotatable bonds is 7. The first-order chi connectivity index (χ1) is 17.3. The van der Waals surface area contributed by atoms with E-state index in [1.807, 2.05) is 6.07 Å². The van der Waals surface area contributed by atoms with E-state index in [1.165, 1.54) is 7.11 Å². The number of ether oxygens (including phenoxy) is 2. The predicted octanol–water partition coefficient (Wildman–Crippen LogP) is 7.34. The fraction of sp³-hybridized carbons (Fsp3) is 0.115. The molecular formula is C26H17Cl3N2O4S. The van der Waals surface area contributed by atoms with Crippen molar-refractivity contribution in [2.24, 2.45) is 0 Å². The summed E-state index contributed by atoms with van der Waals surface area (Å²) in [6.45, 7) is 0.0736. The Balaban J connectivity index is 1.56. The van der Waals surface area contributed by atoms with E-state index < -0.39 is 11.1 Å². The quantitative estimate of drug-likeness (QED) is 0.282. The topological polar surface area (TPSA) is 79.6 Å². The molecule has 1 saturated heterocycles. The van der Waals surface area contributed by atoms with E-state index in [9.17, 15) is 14.9 Å². The predicted molar refractivity (Wildman–Crippen MR) is 141 cm³/mol. The molecule has 4 rings (SSSR count). The fourth-order valence-corrected chi connectivity index (χ4v) is 5.13. The van der Waals surface area contributed by atoms with Gasteiger partial charge in [0.1, 0.15) is 6.61 Å². The molecule has 0 N–H and O–H groups in total. The highest BCUT2D eigenvalue weighted by molar-refractivity contribution is 8.18. The number of hydrogen-bond donors (Lipinski definition) is 0. The van der Waals surface area contributed by atoms with Gasteiger partial charge >= 0.3 is 0 Å². The van der Waals surface area contributed by atoms with Crippen LogP contribution in [0.5, 0.6) is 11.5 Å². The van der Waals surface area contributed by atoms with Gasteiger partial charge < -0.3 is 9.47 Å². The van der Waals surface area contributed by atoms with Gasteiger partial charge in [0.15, 0.2) is 11.5 Å². The van der Waals surface area contributed by atoms with E-state index in [4.69, 9.17) is 44.3 Å². The molecule has 3 aromatic rings. The van der Waals surface area contributed by atoms with Gasteiger partial charge in [-0.05, 0) is 53.7 Å². The number of imide groups is 1. The summed E-state index contributed by atoms with van der Waals surface area (Å²) in [6.07, 6.45) is 1.56. The van der Waals surface area contributed by atoms with Crippen molar-refractivity contribution in [3.8, 4) is 17.6 Å². The Morgan fingerprint density at radius 1 is 1.03 bits per heavy atom. The molecule has 36 heavy (non-hydrogen) atoms. The van der Waals surface area contributed by atoms with Gasteiger partial charge in [0.2, 0.25) is 0 Å². The smallest absolute Gasteiger partial charge is 0.293 e. The van der Waals surface area contributed by atoms with Crippen LogP contribution in [0.25, 0.3) is 6.08 Å². The zero-order valence-corrected chi connectivity index (χ0v) is 21.8. The standard InChI is InChI=1S/C26H17Cl3N2O4S/c1-34-22-10-15(9-21(29)24(22)35-14-17-6-3-2-5-16(17)12-30)11-23-25(32)31(26(33)36-23)13-18-19(27)7-4-8-20(18)28/h2-11H,13-14H2,1H3/b23-11-. The molecule has 182 valence electrons. The third-order valence-corrected chi connectivity index (χ3v) is 7.21. The molecule has 0 atom stereocenters. The Hall–Kier alpha value is -3.15. The third kappa shape index (κ3) is 5.48. The maximum atomic E-state index is 13.0. The van der Waals surface area contributed by atoms with E-state index in [0.29, 0.717) is 43.8 Å². The number of hydrogen-bond acceptors (Lipinski definition) is 6. The zero-order valence-electron chi connectivity index (χ0n) is 18.8. The number of benzene rings is 3. The van der Waals surface area contributed by atoms with Gasteiger partial charge in [0.05, 0.1) is 35.2 Å². The molecule has 1 heterocycles. The Morgan fingerprint density at radius 2 is 1.75 bits per heavy atom. The first kappa shape index (κ1) is 25.9. The molecule has 0 spiro atoms. The lowest BCUT2D eigenvalue weighted by Gasteiger charge is -2.15. The maximum absolute atomic E-state index is 13.0. The van der Waals surface area contributed by atoms with E-state index in [0.717, 1.165) is 16.7 Å². The van der Waals surface area contributed by atoms with Crippen LogP contribution >= 0.6 is 46.6 Å². The minimum atomic E-state index is -0.468. The summed E-state index contributed by atoms with van der Waals surface area (Å²) >= 11 is 19.7. The average molecular weight is 560 g/mol. The van der Waals surface area contributed by atoms with Crippen molar-refractivity contribution in [2.45, 2.75) is 13.2 Å². The highest BCUT2D eigenvalue weighted by Crippen LogP contribution is 2.40. The Bertz CT molecular complexity index is 1410. The van der Waals surface area contributed by atoms with Crippen LogP contribution in [0.4, 0.5) is 4.79 Å². The molecule has 0 aromatic heterocycles. The molecule has 6 nitrogen and oxygen atoms in total. The summed E-state index contributed by atoms with van der Waals surface area (Å²) in [6, 6.07) is 17.4. The third-order valence-electron chi connectivity index (χ3n) is 5.31. The van der Waals surface area contributed by atoms with Crippen LogP contribution in [-0.4, -0.2) is 23.2 Å². The van der Waals surface area contributed by atoms with Gasteiger partial charge in [-0.25, -0.2) is 0 Å². The molecule has 2 amide bonds. The second kappa shape index (κ2) is 11.3. The normalized spacial score (nSPS) is 14.3. The second-order valence-corrected chi connectivity index (χ2v) is 9.77. The molecule has 0 radical (unpaired) electrons. The van der Waals surface area contributed by atoms with Crippen LogP contribution < -0.4 is 9.47 Å². The minimum absolute atomic E-state index is 0.0401. The van der Waals surface area contributed by atoms with Gasteiger partial charge in [0.25, 0.3) is 11.1 Å². The highest BCUT2D eigenvalue weighted by Gasteiger charge is 2.35. The maximum Gasteiger partial charge on any atom is 0.293 e. The van der Waals surface area contributed by atoms with E-state index >= 15 is 0 Å². The molecule has 1 fully saturated rings. The van der Waals surface area contributed by atoms with Gasteiger partial charge in [-0.2, -0.15) is 5.26 Å². The van der Waals surface area contributed by atoms with Crippen molar-refractivity contribution in [1.29, 1.82) is 5.26 Å².